The molecule has 0 radical (unpaired) electrons. The number of carboxylic acid groups (broad SMARTS) is 1. The molecule has 3 atom stereocenters. The Morgan fingerprint density at radius 1 is 1.13 bits per heavy atom. The number of aliphatic carboxylic acids is 1. The van der Waals surface area contributed by atoms with Crippen LogP contribution in [0.15, 0.2) is 48.5 Å². The number of rotatable bonds is 4. The highest BCUT2D eigenvalue weighted by atomic mass is 19.1. The van der Waals surface area contributed by atoms with Gasteiger partial charge in [-0.2, -0.15) is 0 Å². The molecule has 0 saturated carbocycles. The average molecular weight is 414 g/mol. The fourth-order valence-corrected chi connectivity index (χ4v) is 3.89. The SMILES string of the molecule is COC(=O)C1CC(C)(C(=O)O)N(C(=O)Nc2ccc(F)cc2)C1c1ccc(C)cc1. The largest absolute Gasteiger partial charge is 0.480 e. The molecule has 2 N–H and O–H groups in total. The zero-order valence-electron chi connectivity index (χ0n) is 16.9. The summed E-state index contributed by atoms with van der Waals surface area (Å²) in [6.45, 7) is 3.31. The van der Waals surface area contributed by atoms with Gasteiger partial charge in [-0.3, -0.25) is 4.79 Å². The minimum absolute atomic E-state index is 0.107. The summed E-state index contributed by atoms with van der Waals surface area (Å²) >= 11 is 0. The van der Waals surface area contributed by atoms with Crippen LogP contribution in [0.2, 0.25) is 0 Å². The van der Waals surface area contributed by atoms with Gasteiger partial charge in [0.15, 0.2) is 0 Å². The van der Waals surface area contributed by atoms with Crippen LogP contribution >= 0.6 is 0 Å². The van der Waals surface area contributed by atoms with Gasteiger partial charge >= 0.3 is 18.0 Å². The molecule has 2 amide bonds. The third kappa shape index (κ3) is 3.85. The molecule has 1 heterocycles. The second-order valence-electron chi connectivity index (χ2n) is 7.58. The topological polar surface area (TPSA) is 95.9 Å². The zero-order valence-corrected chi connectivity index (χ0v) is 16.9. The number of halogens is 1. The van der Waals surface area contributed by atoms with Gasteiger partial charge in [0.2, 0.25) is 0 Å². The van der Waals surface area contributed by atoms with Crippen molar-refractivity contribution in [2.24, 2.45) is 5.92 Å². The molecule has 3 unspecified atom stereocenters. The predicted molar refractivity (Wildman–Crippen MR) is 107 cm³/mol. The van der Waals surface area contributed by atoms with E-state index in [4.69, 9.17) is 4.74 Å². The van der Waals surface area contributed by atoms with Gasteiger partial charge in [-0.15, -0.1) is 0 Å². The first-order valence-corrected chi connectivity index (χ1v) is 9.41. The molecule has 0 bridgehead atoms. The lowest BCUT2D eigenvalue weighted by molar-refractivity contribution is -0.147. The normalized spacial score (nSPS) is 23.1. The Morgan fingerprint density at radius 2 is 1.73 bits per heavy atom. The first-order chi connectivity index (χ1) is 14.2. The maximum atomic E-state index is 13.2. The van der Waals surface area contributed by atoms with Crippen molar-refractivity contribution in [3.8, 4) is 0 Å². The Bertz CT molecular complexity index is 960. The number of methoxy groups -OCH3 is 1. The van der Waals surface area contributed by atoms with Gasteiger partial charge in [0.05, 0.1) is 19.1 Å². The number of ether oxygens (including phenoxy) is 1. The second kappa shape index (κ2) is 8.14. The van der Waals surface area contributed by atoms with Crippen LogP contribution in [0.3, 0.4) is 0 Å². The molecule has 30 heavy (non-hydrogen) atoms. The first-order valence-electron chi connectivity index (χ1n) is 9.41. The van der Waals surface area contributed by atoms with Gasteiger partial charge in [-0.05, 0) is 50.1 Å². The molecule has 3 rings (SSSR count). The summed E-state index contributed by atoms with van der Waals surface area (Å²) in [5.41, 5.74) is 0.252. The molecule has 0 spiro atoms. The fourth-order valence-electron chi connectivity index (χ4n) is 3.89. The number of amides is 2. The maximum absolute atomic E-state index is 13.2. The van der Waals surface area contributed by atoms with E-state index >= 15 is 0 Å². The number of benzene rings is 2. The molecule has 2 aromatic rings. The van der Waals surface area contributed by atoms with Crippen molar-refractivity contribution in [3.63, 3.8) is 0 Å². The van der Waals surface area contributed by atoms with Crippen molar-refractivity contribution in [1.29, 1.82) is 0 Å². The highest BCUT2D eigenvalue weighted by Gasteiger charge is 2.58. The lowest BCUT2D eigenvalue weighted by atomic mass is 9.90. The van der Waals surface area contributed by atoms with Gasteiger partial charge in [-0.1, -0.05) is 29.8 Å². The average Bonchev–Trinajstić information content (AvgIpc) is 3.04. The van der Waals surface area contributed by atoms with Crippen molar-refractivity contribution >= 4 is 23.7 Å². The monoisotopic (exact) mass is 414 g/mol. The summed E-state index contributed by atoms with van der Waals surface area (Å²) in [5, 5.41) is 12.6. The maximum Gasteiger partial charge on any atom is 0.329 e. The van der Waals surface area contributed by atoms with E-state index in [2.05, 4.69) is 5.32 Å². The third-order valence-electron chi connectivity index (χ3n) is 5.51. The molecular weight excluding hydrogens is 391 g/mol. The van der Waals surface area contributed by atoms with E-state index in [0.29, 0.717) is 11.3 Å². The smallest absolute Gasteiger partial charge is 0.329 e. The number of hydrogen-bond donors (Lipinski definition) is 2. The standard InChI is InChI=1S/C22H23FN2O5/c1-13-4-6-14(7-5-13)18-17(19(26)30-3)12-22(2,20(27)28)25(18)21(29)24-16-10-8-15(23)9-11-16/h4-11,17-18H,12H2,1-3H3,(H,24,29)(H,27,28). The van der Waals surface area contributed by atoms with E-state index in [1.54, 1.807) is 12.1 Å². The molecular formula is C22H23FN2O5. The number of hydrogen-bond acceptors (Lipinski definition) is 4. The van der Waals surface area contributed by atoms with E-state index in [1.807, 2.05) is 19.1 Å². The Balaban J connectivity index is 2.07. The van der Waals surface area contributed by atoms with Gasteiger partial charge in [-0.25, -0.2) is 14.0 Å². The zero-order chi connectivity index (χ0) is 22.1. The summed E-state index contributed by atoms with van der Waals surface area (Å²) in [7, 11) is 1.23. The molecule has 8 heteroatoms. The number of anilines is 1. The van der Waals surface area contributed by atoms with Crippen LogP contribution in [0.5, 0.6) is 0 Å². The van der Waals surface area contributed by atoms with Crippen LogP contribution in [-0.4, -0.2) is 40.6 Å². The van der Waals surface area contributed by atoms with Crippen LogP contribution in [0.25, 0.3) is 0 Å². The Morgan fingerprint density at radius 3 is 2.27 bits per heavy atom. The molecule has 1 fully saturated rings. The van der Waals surface area contributed by atoms with Gasteiger partial charge < -0.3 is 20.1 Å². The Hall–Kier alpha value is -3.42. The summed E-state index contributed by atoms with van der Waals surface area (Å²) in [6.07, 6.45) is -0.107. The van der Waals surface area contributed by atoms with Crippen LogP contribution < -0.4 is 5.32 Å². The quantitative estimate of drug-likeness (QED) is 0.743. The van der Waals surface area contributed by atoms with Crippen LogP contribution in [-0.2, 0) is 14.3 Å². The number of likely N-dealkylation sites (tertiary alicyclic amines) is 1. The molecule has 1 saturated heterocycles. The van der Waals surface area contributed by atoms with Crippen molar-refractivity contribution in [3.05, 3.63) is 65.5 Å². The predicted octanol–water partition coefficient (Wildman–Crippen LogP) is 3.75. The minimum Gasteiger partial charge on any atom is -0.480 e. The molecule has 0 aromatic heterocycles. The van der Waals surface area contributed by atoms with Crippen molar-refractivity contribution in [2.75, 3.05) is 12.4 Å². The number of aryl methyl sites for hydroxylation is 1. The molecule has 1 aliphatic rings. The summed E-state index contributed by atoms with van der Waals surface area (Å²) in [5.74, 6) is -3.16. The molecule has 0 aliphatic carbocycles. The highest BCUT2D eigenvalue weighted by molar-refractivity contribution is 5.96. The number of nitrogens with zero attached hydrogens (tertiary/aromatic N) is 1. The Labute approximate surface area is 173 Å². The molecule has 1 aliphatic heterocycles. The summed E-state index contributed by atoms with van der Waals surface area (Å²) < 4.78 is 18.1. The molecule has 2 aromatic carbocycles. The summed E-state index contributed by atoms with van der Waals surface area (Å²) in [4.78, 5) is 39.1. The van der Waals surface area contributed by atoms with E-state index in [-0.39, 0.29) is 6.42 Å². The first kappa shape index (κ1) is 21.3. The molecule has 7 nitrogen and oxygen atoms in total. The van der Waals surface area contributed by atoms with Crippen molar-refractivity contribution < 1.29 is 28.6 Å². The van der Waals surface area contributed by atoms with Crippen LogP contribution in [0, 0.1) is 18.7 Å². The number of carboxylic acids is 1. The minimum atomic E-state index is -1.65. The molecule has 158 valence electrons. The number of esters is 1. The number of carbonyl (C=O) groups is 3. The number of nitrogens with one attached hydrogen (secondary N) is 1. The second-order valence-corrected chi connectivity index (χ2v) is 7.58. The van der Waals surface area contributed by atoms with Crippen LogP contribution in [0.1, 0.15) is 30.5 Å². The number of carbonyl (C=O) groups excluding carboxylic acids is 2. The lowest BCUT2D eigenvalue weighted by Gasteiger charge is -2.35. The Kier molecular flexibility index (Phi) is 5.78. The number of urea groups is 1. The van der Waals surface area contributed by atoms with Gasteiger partial charge in [0, 0.05) is 5.69 Å². The third-order valence-corrected chi connectivity index (χ3v) is 5.51. The van der Waals surface area contributed by atoms with E-state index < -0.39 is 41.3 Å². The van der Waals surface area contributed by atoms with E-state index in [9.17, 15) is 23.9 Å². The van der Waals surface area contributed by atoms with Crippen molar-refractivity contribution in [1.82, 2.24) is 4.90 Å². The van der Waals surface area contributed by atoms with E-state index in [1.165, 1.54) is 43.2 Å². The fraction of sp³-hybridized carbons (Fsp3) is 0.318. The lowest BCUT2D eigenvalue weighted by Crippen LogP contribution is -2.53. The summed E-state index contributed by atoms with van der Waals surface area (Å²) in [6, 6.07) is 10.8. The van der Waals surface area contributed by atoms with Crippen molar-refractivity contribution in [2.45, 2.75) is 31.8 Å². The van der Waals surface area contributed by atoms with Gasteiger partial charge in [0.1, 0.15) is 11.4 Å². The van der Waals surface area contributed by atoms with E-state index in [0.717, 1.165) is 5.56 Å². The van der Waals surface area contributed by atoms with Crippen LogP contribution in [0.4, 0.5) is 14.9 Å². The van der Waals surface area contributed by atoms with Gasteiger partial charge in [0.25, 0.3) is 0 Å². The highest BCUT2D eigenvalue weighted by Crippen LogP contribution is 2.47.